The van der Waals surface area contributed by atoms with Gasteiger partial charge < -0.3 is 18.9 Å². The first kappa shape index (κ1) is 24.4. The molecule has 6 rings (SSSR count). The number of hydrogen-bond acceptors (Lipinski definition) is 6. The molecule has 0 radical (unpaired) electrons. The van der Waals surface area contributed by atoms with Crippen molar-refractivity contribution in [2.45, 2.75) is 44.6 Å². The number of nitrogens with zero attached hydrogens (tertiary/aromatic N) is 3. The van der Waals surface area contributed by atoms with Gasteiger partial charge in [-0.05, 0) is 48.2 Å². The van der Waals surface area contributed by atoms with E-state index >= 15 is 0 Å². The molecule has 4 amide bonds. The van der Waals surface area contributed by atoms with Crippen LogP contribution in [0.4, 0.5) is 4.79 Å². The average Bonchev–Trinajstić information content (AvgIpc) is 3.26. The largest absolute Gasteiger partial charge is 0.497 e. The van der Waals surface area contributed by atoms with Crippen LogP contribution in [0.25, 0.3) is 10.9 Å². The van der Waals surface area contributed by atoms with Gasteiger partial charge in [-0.2, -0.15) is 0 Å². The molecule has 198 valence electrons. The van der Waals surface area contributed by atoms with Crippen LogP contribution >= 0.6 is 0 Å². The molecule has 2 unspecified atom stereocenters. The van der Waals surface area contributed by atoms with Crippen molar-refractivity contribution in [3.63, 3.8) is 0 Å². The zero-order valence-electron chi connectivity index (χ0n) is 21.4. The number of carbonyl (C=O) groups is 3. The van der Waals surface area contributed by atoms with Gasteiger partial charge in [0.2, 0.25) is 5.91 Å². The molecule has 2 atom stereocenters. The summed E-state index contributed by atoms with van der Waals surface area (Å²) in [7, 11) is 3.17. The van der Waals surface area contributed by atoms with Gasteiger partial charge >= 0.3 is 6.03 Å². The highest BCUT2D eigenvalue weighted by Crippen LogP contribution is 2.41. The smallest absolute Gasteiger partial charge is 0.326 e. The molecule has 3 aliphatic rings. The predicted octanol–water partition coefficient (Wildman–Crippen LogP) is 3.38. The summed E-state index contributed by atoms with van der Waals surface area (Å²) >= 11 is 0. The molecule has 10 nitrogen and oxygen atoms in total. The molecule has 38 heavy (non-hydrogen) atoms. The highest BCUT2D eigenvalue weighted by atomic mass is 16.8. The van der Waals surface area contributed by atoms with E-state index in [-0.39, 0.29) is 17.8 Å². The minimum atomic E-state index is -0.411. The van der Waals surface area contributed by atoms with Gasteiger partial charge in [-0.1, -0.05) is 12.1 Å². The van der Waals surface area contributed by atoms with Crippen LogP contribution < -0.4 is 10.2 Å². The summed E-state index contributed by atoms with van der Waals surface area (Å²) < 4.78 is 13.1. The number of hydroxylamine groups is 1. The van der Waals surface area contributed by atoms with Crippen LogP contribution in [-0.2, 0) is 27.5 Å². The highest BCUT2D eigenvalue weighted by Gasteiger charge is 2.44. The minimum absolute atomic E-state index is 0.182. The molecule has 2 bridgehead atoms. The minimum Gasteiger partial charge on any atom is -0.497 e. The number of likely N-dealkylation sites (N-methyl/N-ethyl adjacent to an activating group) is 1. The van der Waals surface area contributed by atoms with Gasteiger partial charge in [0.05, 0.1) is 25.1 Å². The van der Waals surface area contributed by atoms with Gasteiger partial charge in [0, 0.05) is 55.9 Å². The van der Waals surface area contributed by atoms with Crippen LogP contribution in [0.1, 0.15) is 52.4 Å². The maximum atomic E-state index is 13.1. The lowest BCUT2D eigenvalue weighted by Gasteiger charge is -2.41. The number of ether oxygens (including phenoxy) is 2. The normalized spacial score (nSPS) is 21.0. The summed E-state index contributed by atoms with van der Waals surface area (Å²) in [5.74, 6) is -0.206. The highest BCUT2D eigenvalue weighted by molar-refractivity contribution is 6.04. The number of urea groups is 1. The number of amides is 4. The number of methoxy groups -OCH3 is 1. The quantitative estimate of drug-likeness (QED) is 0.502. The first-order valence-electron chi connectivity index (χ1n) is 12.9. The number of benzene rings is 2. The van der Waals surface area contributed by atoms with E-state index in [1.54, 1.807) is 31.2 Å². The maximum Gasteiger partial charge on any atom is 0.326 e. The predicted molar refractivity (Wildman–Crippen MR) is 137 cm³/mol. The molecule has 0 spiro atoms. The van der Waals surface area contributed by atoms with Crippen molar-refractivity contribution in [2.75, 3.05) is 27.3 Å². The van der Waals surface area contributed by atoms with E-state index in [1.165, 1.54) is 4.90 Å². The molecular formula is C28H30N4O6. The molecule has 0 aliphatic carbocycles. The molecule has 1 N–H and O–H groups in total. The zero-order valence-corrected chi connectivity index (χ0v) is 21.4. The second-order valence-electron chi connectivity index (χ2n) is 9.98. The molecule has 3 aliphatic heterocycles. The maximum absolute atomic E-state index is 13.1. The third-order valence-electron chi connectivity index (χ3n) is 7.68. The van der Waals surface area contributed by atoms with Crippen LogP contribution in [0.2, 0.25) is 0 Å². The Hall–Kier alpha value is -3.89. The first-order chi connectivity index (χ1) is 18.4. The van der Waals surface area contributed by atoms with Gasteiger partial charge in [0.25, 0.3) is 5.91 Å². The summed E-state index contributed by atoms with van der Waals surface area (Å²) in [4.78, 5) is 46.8. The summed E-state index contributed by atoms with van der Waals surface area (Å²) in [6.45, 7) is 1.95. The lowest BCUT2D eigenvalue weighted by molar-refractivity contribution is -0.186. The van der Waals surface area contributed by atoms with E-state index in [0.717, 1.165) is 47.0 Å². The zero-order chi connectivity index (χ0) is 26.4. The van der Waals surface area contributed by atoms with Crippen LogP contribution in [0.5, 0.6) is 5.75 Å². The van der Waals surface area contributed by atoms with Gasteiger partial charge in [0.15, 0.2) is 6.29 Å². The number of imide groups is 1. The Morgan fingerprint density at radius 3 is 2.68 bits per heavy atom. The number of fused-ring (bicyclic) bond motifs is 6. The second-order valence-corrected chi connectivity index (χ2v) is 9.98. The number of carbonyl (C=O) groups excluding carboxylic acids is 3. The molecule has 2 saturated heterocycles. The Morgan fingerprint density at radius 1 is 1.13 bits per heavy atom. The third-order valence-corrected chi connectivity index (χ3v) is 7.68. The third kappa shape index (κ3) is 4.19. The van der Waals surface area contributed by atoms with Crippen molar-refractivity contribution < 1.29 is 28.7 Å². The van der Waals surface area contributed by atoms with Crippen molar-refractivity contribution in [3.8, 4) is 5.75 Å². The van der Waals surface area contributed by atoms with Gasteiger partial charge in [0.1, 0.15) is 5.75 Å². The lowest BCUT2D eigenvalue weighted by atomic mass is 9.89. The van der Waals surface area contributed by atoms with Crippen LogP contribution in [-0.4, -0.2) is 65.8 Å². The molecular weight excluding hydrogens is 488 g/mol. The van der Waals surface area contributed by atoms with Crippen molar-refractivity contribution >= 4 is 28.7 Å². The molecule has 2 aromatic carbocycles. The molecule has 10 heteroatoms. The van der Waals surface area contributed by atoms with Crippen LogP contribution in [0.3, 0.4) is 0 Å². The Morgan fingerprint density at radius 2 is 1.95 bits per heavy atom. The van der Waals surface area contributed by atoms with Crippen molar-refractivity contribution in [2.24, 2.45) is 0 Å². The first-order valence-corrected chi connectivity index (χ1v) is 12.9. The number of aromatic nitrogens is 1. The number of hydrogen-bond donors (Lipinski definition) is 1. The van der Waals surface area contributed by atoms with Crippen molar-refractivity contribution in [3.05, 3.63) is 64.8 Å². The lowest BCUT2D eigenvalue weighted by Crippen LogP contribution is -2.56. The Balaban J connectivity index is 1.29. The molecule has 3 aromatic rings. The molecule has 1 aromatic heterocycles. The average molecular weight is 519 g/mol. The van der Waals surface area contributed by atoms with Crippen LogP contribution in [0, 0.1) is 0 Å². The molecule has 0 saturated carbocycles. The topological polar surface area (TPSA) is 102 Å². The van der Waals surface area contributed by atoms with E-state index in [4.69, 9.17) is 14.3 Å². The van der Waals surface area contributed by atoms with Crippen LogP contribution in [0.15, 0.2) is 42.5 Å². The van der Waals surface area contributed by atoms with E-state index in [9.17, 15) is 14.4 Å². The molecule has 2 fully saturated rings. The van der Waals surface area contributed by atoms with Gasteiger partial charge in [-0.15, -0.1) is 0 Å². The fourth-order valence-electron chi connectivity index (χ4n) is 5.65. The Kier molecular flexibility index (Phi) is 6.29. The molecule has 4 heterocycles. The SMILES string of the molecule is COc1ccc2c3c(n(Cc4ccc(C(=O)NOC5CCCCO5)cc4)c2c1)CN1CC3C(=O)N(C)C1=O. The summed E-state index contributed by atoms with van der Waals surface area (Å²) in [5.41, 5.74) is 6.80. The fraction of sp³-hybridized carbons (Fsp3) is 0.393. The Bertz CT molecular complexity index is 1410. The van der Waals surface area contributed by atoms with E-state index in [2.05, 4.69) is 10.0 Å². The van der Waals surface area contributed by atoms with E-state index in [0.29, 0.717) is 37.6 Å². The fourth-order valence-corrected chi connectivity index (χ4v) is 5.65. The summed E-state index contributed by atoms with van der Waals surface area (Å²) in [6, 6.07) is 12.9. The number of nitrogens with one attached hydrogen (secondary N) is 1. The van der Waals surface area contributed by atoms with Crippen molar-refractivity contribution in [1.82, 2.24) is 19.8 Å². The van der Waals surface area contributed by atoms with Gasteiger partial charge in [-0.3, -0.25) is 14.5 Å². The summed E-state index contributed by atoms with van der Waals surface area (Å²) in [5, 5.41) is 0.986. The standard InChI is InChI=1S/C28H30N4O6/c1-30-27(34)21-15-31(28(30)35)16-23-25(21)20-11-10-19(36-2)13-22(20)32(23)14-17-6-8-18(9-7-17)26(33)29-38-24-5-3-4-12-37-24/h6-11,13,21,24H,3-5,12,14-16H2,1-2H3,(H,29,33). The van der Waals surface area contributed by atoms with Crippen molar-refractivity contribution in [1.29, 1.82) is 0 Å². The van der Waals surface area contributed by atoms with E-state index < -0.39 is 12.2 Å². The van der Waals surface area contributed by atoms with E-state index in [1.807, 2.05) is 30.3 Å². The number of rotatable bonds is 6. The Labute approximate surface area is 220 Å². The summed E-state index contributed by atoms with van der Waals surface area (Å²) in [6.07, 6.45) is 2.36. The monoisotopic (exact) mass is 518 g/mol. The second kappa shape index (κ2) is 9.77. The van der Waals surface area contributed by atoms with Gasteiger partial charge in [-0.25, -0.2) is 15.1 Å².